The van der Waals surface area contributed by atoms with Gasteiger partial charge in [-0.25, -0.2) is 19.2 Å². The molecule has 110 valence electrons. The highest BCUT2D eigenvalue weighted by atomic mass is 19.1. The van der Waals surface area contributed by atoms with Crippen LogP contribution in [-0.4, -0.2) is 27.1 Å². The largest absolute Gasteiger partial charge is 0.480 e. The summed E-state index contributed by atoms with van der Waals surface area (Å²) < 4.78 is 14.1. The first-order valence-corrected chi connectivity index (χ1v) is 7.12. The molecule has 20 heavy (non-hydrogen) atoms. The number of halogens is 1. The predicted octanol–water partition coefficient (Wildman–Crippen LogP) is 2.62. The Balaban J connectivity index is 2.17. The van der Waals surface area contributed by atoms with Crippen LogP contribution in [0.2, 0.25) is 0 Å². The molecule has 1 saturated carbocycles. The van der Waals surface area contributed by atoms with Crippen molar-refractivity contribution in [2.75, 3.05) is 5.32 Å². The molecule has 1 fully saturated rings. The molecule has 1 heterocycles. The van der Waals surface area contributed by atoms with Gasteiger partial charge in [-0.1, -0.05) is 26.2 Å². The molecule has 1 aliphatic rings. The number of carboxylic acids is 1. The van der Waals surface area contributed by atoms with Gasteiger partial charge in [0.1, 0.15) is 12.4 Å². The number of carboxylic acid groups (broad SMARTS) is 1. The molecule has 5 nitrogen and oxygen atoms in total. The average molecular weight is 281 g/mol. The molecule has 0 bridgehead atoms. The summed E-state index contributed by atoms with van der Waals surface area (Å²) in [6.07, 6.45) is 6.64. The molecule has 2 rings (SSSR count). The molecule has 0 radical (unpaired) electrons. The van der Waals surface area contributed by atoms with E-state index in [1.54, 1.807) is 6.92 Å². The lowest BCUT2D eigenvalue weighted by Gasteiger charge is -2.28. The van der Waals surface area contributed by atoms with Crippen molar-refractivity contribution in [3.8, 4) is 0 Å². The fourth-order valence-electron chi connectivity index (χ4n) is 2.75. The third-order valence-corrected chi connectivity index (χ3v) is 3.88. The SMILES string of the molecule is CCc1ncnc(NC(C(=O)O)C2CCCCC2)c1F. The number of aromatic nitrogens is 2. The van der Waals surface area contributed by atoms with Gasteiger partial charge in [0.2, 0.25) is 0 Å². The quantitative estimate of drug-likeness (QED) is 0.867. The summed E-state index contributed by atoms with van der Waals surface area (Å²) in [5, 5.41) is 12.1. The van der Waals surface area contributed by atoms with Crippen LogP contribution in [0.1, 0.15) is 44.7 Å². The van der Waals surface area contributed by atoms with Crippen molar-refractivity contribution >= 4 is 11.8 Å². The van der Waals surface area contributed by atoms with Crippen LogP contribution in [0.5, 0.6) is 0 Å². The van der Waals surface area contributed by atoms with Crippen LogP contribution >= 0.6 is 0 Å². The second-order valence-electron chi connectivity index (χ2n) is 5.19. The fourth-order valence-corrected chi connectivity index (χ4v) is 2.75. The summed E-state index contributed by atoms with van der Waals surface area (Å²) in [6.45, 7) is 1.80. The fraction of sp³-hybridized carbons (Fsp3) is 0.643. The van der Waals surface area contributed by atoms with Crippen molar-refractivity contribution in [1.29, 1.82) is 0 Å². The number of hydrogen-bond acceptors (Lipinski definition) is 4. The van der Waals surface area contributed by atoms with Gasteiger partial charge in [0.05, 0.1) is 5.69 Å². The van der Waals surface area contributed by atoms with Crippen LogP contribution in [0.3, 0.4) is 0 Å². The van der Waals surface area contributed by atoms with Crippen molar-refractivity contribution in [2.45, 2.75) is 51.5 Å². The molecule has 1 unspecified atom stereocenters. The van der Waals surface area contributed by atoms with E-state index in [9.17, 15) is 14.3 Å². The van der Waals surface area contributed by atoms with E-state index < -0.39 is 17.8 Å². The van der Waals surface area contributed by atoms with Gasteiger partial charge in [0.25, 0.3) is 0 Å². The van der Waals surface area contributed by atoms with E-state index in [4.69, 9.17) is 0 Å². The second kappa shape index (κ2) is 6.63. The van der Waals surface area contributed by atoms with Crippen LogP contribution in [0.25, 0.3) is 0 Å². The van der Waals surface area contributed by atoms with Crippen molar-refractivity contribution in [2.24, 2.45) is 5.92 Å². The van der Waals surface area contributed by atoms with E-state index in [1.807, 2.05) is 0 Å². The number of hydrogen-bond donors (Lipinski definition) is 2. The minimum atomic E-state index is -0.951. The lowest BCUT2D eigenvalue weighted by Crippen LogP contribution is -2.38. The van der Waals surface area contributed by atoms with E-state index in [1.165, 1.54) is 6.33 Å². The molecular weight excluding hydrogens is 261 g/mol. The number of rotatable bonds is 5. The molecule has 1 aromatic heterocycles. The van der Waals surface area contributed by atoms with E-state index in [0.29, 0.717) is 12.1 Å². The Hall–Kier alpha value is -1.72. The molecule has 1 aliphatic carbocycles. The number of anilines is 1. The van der Waals surface area contributed by atoms with E-state index in [-0.39, 0.29) is 11.7 Å². The van der Waals surface area contributed by atoms with Crippen LogP contribution in [0.15, 0.2) is 6.33 Å². The summed E-state index contributed by atoms with van der Waals surface area (Å²) in [7, 11) is 0. The summed E-state index contributed by atoms with van der Waals surface area (Å²) in [6, 6.07) is -0.788. The Morgan fingerprint density at radius 1 is 1.45 bits per heavy atom. The molecule has 2 N–H and O–H groups in total. The minimum Gasteiger partial charge on any atom is -0.480 e. The van der Waals surface area contributed by atoms with Crippen molar-refractivity contribution in [1.82, 2.24) is 9.97 Å². The van der Waals surface area contributed by atoms with Gasteiger partial charge < -0.3 is 10.4 Å². The van der Waals surface area contributed by atoms with Crippen molar-refractivity contribution in [3.05, 3.63) is 17.8 Å². The zero-order chi connectivity index (χ0) is 14.5. The highest BCUT2D eigenvalue weighted by molar-refractivity contribution is 5.77. The van der Waals surface area contributed by atoms with Gasteiger partial charge in [-0.3, -0.25) is 0 Å². The van der Waals surface area contributed by atoms with Gasteiger partial charge >= 0.3 is 5.97 Å². The average Bonchev–Trinajstić information content (AvgIpc) is 2.46. The molecule has 0 aliphatic heterocycles. The first-order chi connectivity index (χ1) is 9.63. The lowest BCUT2D eigenvalue weighted by atomic mass is 9.84. The minimum absolute atomic E-state index is 0.00479. The highest BCUT2D eigenvalue weighted by Gasteiger charge is 2.30. The lowest BCUT2D eigenvalue weighted by molar-refractivity contribution is -0.139. The third kappa shape index (κ3) is 3.23. The number of carbonyl (C=O) groups is 1. The van der Waals surface area contributed by atoms with Gasteiger partial charge in [-0.05, 0) is 25.2 Å². The molecule has 1 aromatic rings. The van der Waals surface area contributed by atoms with Crippen LogP contribution in [-0.2, 0) is 11.2 Å². The molecule has 0 aromatic carbocycles. The predicted molar refractivity (Wildman–Crippen MR) is 73.0 cm³/mol. The first kappa shape index (κ1) is 14.7. The maximum absolute atomic E-state index is 14.1. The van der Waals surface area contributed by atoms with Gasteiger partial charge in [-0.15, -0.1) is 0 Å². The number of nitrogens with zero attached hydrogens (tertiary/aromatic N) is 2. The van der Waals surface area contributed by atoms with Crippen LogP contribution < -0.4 is 5.32 Å². The molecule has 0 amide bonds. The molecular formula is C14H20FN3O2. The maximum atomic E-state index is 14.1. The number of aryl methyl sites for hydroxylation is 1. The van der Waals surface area contributed by atoms with Crippen molar-refractivity contribution in [3.63, 3.8) is 0 Å². The maximum Gasteiger partial charge on any atom is 0.326 e. The third-order valence-electron chi connectivity index (χ3n) is 3.88. The second-order valence-corrected chi connectivity index (χ2v) is 5.19. The van der Waals surface area contributed by atoms with E-state index >= 15 is 0 Å². The van der Waals surface area contributed by atoms with Crippen molar-refractivity contribution < 1.29 is 14.3 Å². The Bertz CT molecular complexity index is 475. The van der Waals surface area contributed by atoms with Crippen LogP contribution in [0, 0.1) is 11.7 Å². The highest BCUT2D eigenvalue weighted by Crippen LogP contribution is 2.28. The topological polar surface area (TPSA) is 75.1 Å². The summed E-state index contributed by atoms with van der Waals surface area (Å²) >= 11 is 0. The standard InChI is InChI=1S/C14H20FN3O2/c1-2-10-11(15)13(17-8-16-10)18-12(14(19)20)9-6-4-3-5-7-9/h8-9,12H,2-7H2,1H3,(H,19,20)(H,16,17,18). The normalized spacial score (nSPS) is 17.7. The molecule has 1 atom stereocenters. The first-order valence-electron chi connectivity index (χ1n) is 7.12. The summed E-state index contributed by atoms with van der Waals surface area (Å²) in [5.74, 6) is -1.47. The molecule has 0 saturated heterocycles. The Kier molecular flexibility index (Phi) is 4.87. The monoisotopic (exact) mass is 281 g/mol. The number of nitrogens with one attached hydrogen (secondary N) is 1. The van der Waals surface area contributed by atoms with Gasteiger partial charge in [0.15, 0.2) is 11.6 Å². The summed E-state index contributed by atoms with van der Waals surface area (Å²) in [5.41, 5.74) is 0.301. The van der Waals surface area contributed by atoms with E-state index in [0.717, 1.165) is 32.1 Å². The summed E-state index contributed by atoms with van der Waals surface area (Å²) in [4.78, 5) is 19.1. The smallest absolute Gasteiger partial charge is 0.326 e. The van der Waals surface area contributed by atoms with Gasteiger partial charge in [-0.2, -0.15) is 0 Å². The Labute approximate surface area is 117 Å². The Morgan fingerprint density at radius 2 is 2.15 bits per heavy atom. The zero-order valence-electron chi connectivity index (χ0n) is 11.6. The van der Waals surface area contributed by atoms with E-state index in [2.05, 4.69) is 15.3 Å². The van der Waals surface area contributed by atoms with Gasteiger partial charge in [0, 0.05) is 0 Å². The van der Waals surface area contributed by atoms with Crippen LogP contribution in [0.4, 0.5) is 10.2 Å². The Morgan fingerprint density at radius 3 is 2.75 bits per heavy atom. The molecule has 6 heteroatoms. The number of aliphatic carboxylic acids is 1. The zero-order valence-corrected chi connectivity index (χ0v) is 11.6. The molecule has 0 spiro atoms.